The van der Waals surface area contributed by atoms with Crippen LogP contribution in [-0.4, -0.2) is 40.1 Å². The Bertz CT molecular complexity index is 1260. The quantitative estimate of drug-likeness (QED) is 0.500. The SMILES string of the molecule is O=C(CCc1nc2ccccc2c(=O)[nH]1)N(CC1CCCO1)c1nc2ccccc2s1. The Morgan fingerprint density at radius 3 is 2.74 bits per heavy atom. The molecule has 1 aliphatic heterocycles. The number of amides is 1. The van der Waals surface area contributed by atoms with Gasteiger partial charge in [-0.15, -0.1) is 0 Å². The van der Waals surface area contributed by atoms with Crippen molar-refractivity contribution in [1.29, 1.82) is 0 Å². The zero-order valence-corrected chi connectivity index (χ0v) is 17.7. The Labute approximate surface area is 182 Å². The Kier molecular flexibility index (Phi) is 5.48. The standard InChI is InChI=1S/C23H22N4O3S/c28-21(12-11-20-24-17-8-2-1-7-16(17)22(29)26-20)27(14-15-6-5-13-30-15)23-25-18-9-3-4-10-19(18)31-23/h1-4,7-10,15H,5-6,11-14H2,(H,24,26,29). The van der Waals surface area contributed by atoms with Crippen molar-refractivity contribution in [2.24, 2.45) is 0 Å². The van der Waals surface area contributed by atoms with Crippen LogP contribution in [0.5, 0.6) is 0 Å². The van der Waals surface area contributed by atoms with E-state index in [0.29, 0.717) is 34.8 Å². The van der Waals surface area contributed by atoms with Crippen LogP contribution < -0.4 is 10.5 Å². The molecular formula is C23H22N4O3S. The number of fused-ring (bicyclic) bond motifs is 2. The first-order valence-electron chi connectivity index (χ1n) is 10.4. The zero-order valence-electron chi connectivity index (χ0n) is 16.9. The highest BCUT2D eigenvalue weighted by molar-refractivity contribution is 7.22. The van der Waals surface area contributed by atoms with Crippen LogP contribution >= 0.6 is 11.3 Å². The average molecular weight is 435 g/mol. The summed E-state index contributed by atoms with van der Waals surface area (Å²) in [6.07, 6.45) is 2.55. The second kappa shape index (κ2) is 8.56. The number of anilines is 1. The fourth-order valence-electron chi connectivity index (χ4n) is 3.87. The van der Waals surface area contributed by atoms with Crippen molar-refractivity contribution >= 4 is 43.5 Å². The van der Waals surface area contributed by atoms with Crippen LogP contribution in [0.1, 0.15) is 25.1 Å². The largest absolute Gasteiger partial charge is 0.376 e. The number of thiazole rings is 1. The molecule has 31 heavy (non-hydrogen) atoms. The molecule has 0 saturated carbocycles. The van der Waals surface area contributed by atoms with E-state index in [4.69, 9.17) is 4.74 Å². The number of benzene rings is 2. The molecule has 1 saturated heterocycles. The second-order valence-electron chi connectivity index (χ2n) is 7.63. The molecular weight excluding hydrogens is 412 g/mol. The molecule has 0 bridgehead atoms. The smallest absolute Gasteiger partial charge is 0.258 e. The average Bonchev–Trinajstić information content (AvgIpc) is 3.45. The molecule has 3 heterocycles. The van der Waals surface area contributed by atoms with Crippen LogP contribution in [0.4, 0.5) is 5.13 Å². The van der Waals surface area contributed by atoms with E-state index < -0.39 is 0 Å². The first-order chi connectivity index (χ1) is 15.2. The lowest BCUT2D eigenvalue weighted by Crippen LogP contribution is -2.37. The molecule has 1 amide bonds. The number of carbonyl (C=O) groups excluding carboxylic acids is 1. The molecule has 1 aliphatic rings. The topological polar surface area (TPSA) is 88.2 Å². The minimum Gasteiger partial charge on any atom is -0.376 e. The van der Waals surface area contributed by atoms with Gasteiger partial charge in [-0.3, -0.25) is 14.5 Å². The molecule has 0 spiro atoms. The Hall–Kier alpha value is -3.10. The Morgan fingerprint density at radius 2 is 1.94 bits per heavy atom. The summed E-state index contributed by atoms with van der Waals surface area (Å²) in [5.74, 6) is 0.462. The Balaban J connectivity index is 1.38. The third kappa shape index (κ3) is 4.22. The number of aromatic amines is 1. The normalized spacial score (nSPS) is 16.2. The van der Waals surface area contributed by atoms with E-state index in [2.05, 4.69) is 15.0 Å². The number of rotatable bonds is 6. The van der Waals surface area contributed by atoms with Crippen molar-refractivity contribution in [2.45, 2.75) is 31.8 Å². The highest BCUT2D eigenvalue weighted by Gasteiger charge is 2.26. The van der Waals surface area contributed by atoms with Gasteiger partial charge in [0.1, 0.15) is 5.82 Å². The summed E-state index contributed by atoms with van der Waals surface area (Å²) < 4.78 is 6.82. The highest BCUT2D eigenvalue weighted by atomic mass is 32.1. The zero-order chi connectivity index (χ0) is 21.2. The summed E-state index contributed by atoms with van der Waals surface area (Å²) in [6.45, 7) is 1.22. The third-order valence-electron chi connectivity index (χ3n) is 5.46. The van der Waals surface area contributed by atoms with E-state index in [-0.39, 0.29) is 24.0 Å². The molecule has 158 valence electrons. The number of aromatic nitrogens is 3. The summed E-state index contributed by atoms with van der Waals surface area (Å²) in [5.41, 5.74) is 1.33. The number of aryl methyl sites for hydroxylation is 1. The first kappa shape index (κ1) is 19.8. The summed E-state index contributed by atoms with van der Waals surface area (Å²) in [4.78, 5) is 39.3. The van der Waals surface area contributed by atoms with Crippen molar-refractivity contribution in [3.63, 3.8) is 0 Å². The fourth-order valence-corrected chi connectivity index (χ4v) is 4.86. The fraction of sp³-hybridized carbons (Fsp3) is 0.304. The summed E-state index contributed by atoms with van der Waals surface area (Å²) >= 11 is 1.51. The third-order valence-corrected chi connectivity index (χ3v) is 6.52. The molecule has 1 fully saturated rings. The number of ether oxygens (including phenoxy) is 1. The lowest BCUT2D eigenvalue weighted by Gasteiger charge is -2.23. The number of hydrogen-bond donors (Lipinski definition) is 1. The van der Waals surface area contributed by atoms with Crippen molar-refractivity contribution in [3.8, 4) is 0 Å². The second-order valence-corrected chi connectivity index (χ2v) is 8.64. The van der Waals surface area contributed by atoms with Gasteiger partial charge in [0.25, 0.3) is 5.56 Å². The predicted octanol–water partition coefficient (Wildman–Crippen LogP) is 3.68. The van der Waals surface area contributed by atoms with Crippen molar-refractivity contribution in [2.75, 3.05) is 18.1 Å². The molecule has 8 heteroatoms. The van der Waals surface area contributed by atoms with Gasteiger partial charge < -0.3 is 9.72 Å². The minimum absolute atomic E-state index is 0.0227. The molecule has 0 radical (unpaired) electrons. The van der Waals surface area contributed by atoms with Crippen molar-refractivity contribution in [1.82, 2.24) is 15.0 Å². The van der Waals surface area contributed by atoms with Crippen LogP contribution in [0.3, 0.4) is 0 Å². The van der Waals surface area contributed by atoms with Gasteiger partial charge in [0, 0.05) is 19.4 Å². The van der Waals surface area contributed by atoms with Gasteiger partial charge in [-0.2, -0.15) is 0 Å². The van der Waals surface area contributed by atoms with Crippen LogP contribution in [0.25, 0.3) is 21.1 Å². The predicted molar refractivity (Wildman–Crippen MR) is 122 cm³/mol. The Morgan fingerprint density at radius 1 is 1.13 bits per heavy atom. The lowest BCUT2D eigenvalue weighted by molar-refractivity contribution is -0.119. The molecule has 0 aliphatic carbocycles. The summed E-state index contributed by atoms with van der Waals surface area (Å²) in [6, 6.07) is 15.1. The van der Waals surface area contributed by atoms with E-state index in [1.54, 1.807) is 17.0 Å². The van der Waals surface area contributed by atoms with Crippen molar-refractivity contribution < 1.29 is 9.53 Å². The van der Waals surface area contributed by atoms with Crippen LogP contribution in [0, 0.1) is 0 Å². The van der Waals surface area contributed by atoms with E-state index in [0.717, 1.165) is 29.7 Å². The van der Waals surface area contributed by atoms with Crippen molar-refractivity contribution in [3.05, 3.63) is 64.7 Å². The summed E-state index contributed by atoms with van der Waals surface area (Å²) in [5, 5.41) is 1.23. The first-order valence-corrected chi connectivity index (χ1v) is 11.2. The van der Waals surface area contributed by atoms with E-state index in [1.165, 1.54) is 11.3 Å². The summed E-state index contributed by atoms with van der Waals surface area (Å²) in [7, 11) is 0. The van der Waals surface area contributed by atoms with Crippen LogP contribution in [0.2, 0.25) is 0 Å². The number of nitrogens with zero attached hydrogens (tertiary/aromatic N) is 3. The molecule has 1 unspecified atom stereocenters. The minimum atomic E-state index is -0.185. The molecule has 5 rings (SSSR count). The molecule has 2 aromatic carbocycles. The van der Waals surface area contributed by atoms with Gasteiger partial charge in [-0.1, -0.05) is 35.6 Å². The molecule has 2 aromatic heterocycles. The van der Waals surface area contributed by atoms with Gasteiger partial charge in [0.2, 0.25) is 5.91 Å². The van der Waals surface area contributed by atoms with Crippen LogP contribution in [-0.2, 0) is 16.0 Å². The maximum Gasteiger partial charge on any atom is 0.258 e. The van der Waals surface area contributed by atoms with Gasteiger partial charge in [0.05, 0.1) is 33.8 Å². The maximum atomic E-state index is 13.2. The van der Waals surface area contributed by atoms with E-state index in [1.807, 2.05) is 36.4 Å². The molecule has 1 N–H and O–H groups in total. The number of carbonyl (C=O) groups is 1. The number of hydrogen-bond acceptors (Lipinski definition) is 6. The van der Waals surface area contributed by atoms with E-state index in [9.17, 15) is 9.59 Å². The van der Waals surface area contributed by atoms with E-state index >= 15 is 0 Å². The molecule has 4 aromatic rings. The molecule has 1 atom stereocenters. The highest BCUT2D eigenvalue weighted by Crippen LogP contribution is 2.30. The number of H-pyrrole nitrogens is 1. The number of para-hydroxylation sites is 2. The van der Waals surface area contributed by atoms with Gasteiger partial charge in [-0.05, 0) is 37.1 Å². The number of nitrogens with one attached hydrogen (secondary N) is 1. The van der Waals surface area contributed by atoms with Gasteiger partial charge in [0.15, 0.2) is 5.13 Å². The van der Waals surface area contributed by atoms with Gasteiger partial charge in [-0.25, -0.2) is 9.97 Å². The van der Waals surface area contributed by atoms with Crippen LogP contribution in [0.15, 0.2) is 53.3 Å². The maximum absolute atomic E-state index is 13.2. The molecule has 7 nitrogen and oxygen atoms in total. The van der Waals surface area contributed by atoms with Gasteiger partial charge >= 0.3 is 0 Å². The lowest BCUT2D eigenvalue weighted by atomic mass is 10.2. The monoisotopic (exact) mass is 434 g/mol.